The Morgan fingerprint density at radius 3 is 2.62 bits per heavy atom. The van der Waals surface area contributed by atoms with Gasteiger partial charge in [0, 0.05) is 21.2 Å². The summed E-state index contributed by atoms with van der Waals surface area (Å²) in [5.41, 5.74) is 7.75. The highest BCUT2D eigenvalue weighted by atomic mass is 32.1. The zero-order chi connectivity index (χ0) is 9.84. The normalized spacial score (nSPS) is 8.92. The van der Waals surface area contributed by atoms with Crippen LogP contribution >= 0.6 is 11.3 Å². The second-order valence-electron chi connectivity index (χ2n) is 2.00. The molecule has 1 aromatic heterocycles. The Bertz CT molecular complexity index is 405. The predicted octanol–water partition coefficient (Wildman–Crippen LogP) is 1.90. The van der Waals surface area contributed by atoms with E-state index in [1.165, 1.54) is 10.8 Å². The van der Waals surface area contributed by atoms with Crippen molar-refractivity contribution in [1.82, 2.24) is 0 Å². The van der Waals surface area contributed by atoms with E-state index < -0.39 is 11.9 Å². The molecule has 0 atom stereocenters. The maximum absolute atomic E-state index is 11.0. The highest BCUT2D eigenvalue weighted by Crippen LogP contribution is 2.16. The van der Waals surface area contributed by atoms with Crippen LogP contribution in [0.4, 0.5) is 0 Å². The smallest absolute Gasteiger partial charge is 0.337 e. The van der Waals surface area contributed by atoms with Crippen LogP contribution in [-0.4, -0.2) is 17.0 Å². The fourth-order valence-electron chi connectivity index (χ4n) is 0.723. The molecule has 7 heteroatoms. The zero-order valence-corrected chi connectivity index (χ0v) is 6.98. The van der Waals surface area contributed by atoms with Gasteiger partial charge in [-0.25, -0.2) is 4.79 Å². The molecule has 1 amide bonds. The SMILES string of the molecule is [N-]=[N+]=NC(=O)c1cscc1C(=O)O. The lowest BCUT2D eigenvalue weighted by molar-refractivity contribution is 0.0693. The van der Waals surface area contributed by atoms with Crippen molar-refractivity contribution in [2.24, 2.45) is 5.11 Å². The number of carboxylic acids is 1. The van der Waals surface area contributed by atoms with Gasteiger partial charge in [-0.05, 0) is 10.6 Å². The minimum Gasteiger partial charge on any atom is -0.478 e. The van der Waals surface area contributed by atoms with Gasteiger partial charge in [-0.1, -0.05) is 0 Å². The second-order valence-corrected chi connectivity index (χ2v) is 2.74. The van der Waals surface area contributed by atoms with Gasteiger partial charge >= 0.3 is 5.97 Å². The minimum absolute atomic E-state index is 0.0738. The summed E-state index contributed by atoms with van der Waals surface area (Å²) in [5, 5.41) is 14.0. The van der Waals surface area contributed by atoms with Crippen molar-refractivity contribution < 1.29 is 14.7 Å². The van der Waals surface area contributed by atoms with E-state index in [0.29, 0.717) is 0 Å². The maximum Gasteiger partial charge on any atom is 0.337 e. The molecule has 1 rings (SSSR count). The van der Waals surface area contributed by atoms with E-state index in [2.05, 4.69) is 10.0 Å². The van der Waals surface area contributed by atoms with Crippen molar-refractivity contribution in [2.45, 2.75) is 0 Å². The molecule has 66 valence electrons. The third-order valence-electron chi connectivity index (χ3n) is 1.26. The molecule has 0 unspecified atom stereocenters. The van der Waals surface area contributed by atoms with Crippen molar-refractivity contribution in [3.8, 4) is 0 Å². The van der Waals surface area contributed by atoms with E-state index in [9.17, 15) is 9.59 Å². The molecule has 6 nitrogen and oxygen atoms in total. The number of amides is 1. The van der Waals surface area contributed by atoms with Crippen LogP contribution in [0.2, 0.25) is 0 Å². The molecule has 0 saturated heterocycles. The largest absolute Gasteiger partial charge is 0.478 e. The number of carboxylic acid groups (broad SMARTS) is 1. The maximum atomic E-state index is 11.0. The Morgan fingerprint density at radius 1 is 1.46 bits per heavy atom. The van der Waals surface area contributed by atoms with E-state index in [-0.39, 0.29) is 11.1 Å². The number of nitrogens with zero attached hydrogens (tertiary/aromatic N) is 3. The van der Waals surface area contributed by atoms with E-state index in [4.69, 9.17) is 10.6 Å². The average molecular weight is 197 g/mol. The molecule has 0 saturated carbocycles. The van der Waals surface area contributed by atoms with Crippen molar-refractivity contribution in [2.75, 3.05) is 0 Å². The first-order valence-electron chi connectivity index (χ1n) is 3.05. The predicted molar refractivity (Wildman–Crippen MR) is 44.8 cm³/mol. The van der Waals surface area contributed by atoms with Gasteiger partial charge in [-0.15, -0.1) is 0 Å². The van der Waals surface area contributed by atoms with Gasteiger partial charge in [0.25, 0.3) is 5.91 Å². The number of hydrogen-bond acceptors (Lipinski definition) is 3. The average Bonchev–Trinajstić information content (AvgIpc) is 2.52. The lowest BCUT2D eigenvalue weighted by Crippen LogP contribution is -2.02. The molecule has 0 aliphatic rings. The summed E-state index contributed by atoms with van der Waals surface area (Å²) in [6.45, 7) is 0. The first-order chi connectivity index (χ1) is 6.16. The summed E-state index contributed by atoms with van der Waals surface area (Å²) in [6, 6.07) is 0. The molecule has 0 spiro atoms. The van der Waals surface area contributed by atoms with Crippen LogP contribution in [0, 0.1) is 0 Å². The van der Waals surface area contributed by atoms with Gasteiger partial charge in [0.15, 0.2) is 0 Å². The highest BCUT2D eigenvalue weighted by Gasteiger charge is 2.15. The van der Waals surface area contributed by atoms with Crippen molar-refractivity contribution in [1.29, 1.82) is 0 Å². The molecular formula is C6H3N3O3S. The standard InChI is InChI=1S/C6H3N3O3S/c7-9-8-5(10)3-1-13-2-4(3)6(11)12/h1-2H,(H,11,12). The molecule has 0 aliphatic carbocycles. The first-order valence-corrected chi connectivity index (χ1v) is 4.00. The number of thiophene rings is 1. The molecule has 0 fully saturated rings. The summed E-state index contributed by atoms with van der Waals surface area (Å²) in [5.74, 6) is -2.08. The van der Waals surface area contributed by atoms with Crippen molar-refractivity contribution >= 4 is 23.2 Å². The lowest BCUT2D eigenvalue weighted by atomic mass is 10.2. The van der Waals surface area contributed by atoms with Crippen LogP contribution in [-0.2, 0) is 0 Å². The Kier molecular flexibility index (Phi) is 2.63. The van der Waals surface area contributed by atoms with Gasteiger partial charge in [-0.3, -0.25) is 4.79 Å². The van der Waals surface area contributed by atoms with Gasteiger partial charge in [0.05, 0.1) is 5.56 Å². The van der Waals surface area contributed by atoms with E-state index >= 15 is 0 Å². The minimum atomic E-state index is -1.21. The van der Waals surface area contributed by atoms with E-state index in [0.717, 1.165) is 11.3 Å². The number of rotatable bonds is 2. The topological polar surface area (TPSA) is 103 Å². The second kappa shape index (κ2) is 3.70. The summed E-state index contributed by atoms with van der Waals surface area (Å²) < 4.78 is 0. The fraction of sp³-hybridized carbons (Fsp3) is 0. The summed E-state index contributed by atoms with van der Waals surface area (Å²) in [6.07, 6.45) is 0. The summed E-state index contributed by atoms with van der Waals surface area (Å²) in [4.78, 5) is 23.7. The van der Waals surface area contributed by atoms with Gasteiger partial charge in [0.2, 0.25) is 0 Å². The van der Waals surface area contributed by atoms with Crippen LogP contribution < -0.4 is 0 Å². The number of hydrogen-bond donors (Lipinski definition) is 1. The van der Waals surface area contributed by atoms with E-state index in [1.807, 2.05) is 0 Å². The van der Waals surface area contributed by atoms with Crippen LogP contribution in [0.1, 0.15) is 20.7 Å². The molecular weight excluding hydrogens is 194 g/mol. The molecule has 0 radical (unpaired) electrons. The van der Waals surface area contributed by atoms with E-state index in [1.54, 1.807) is 0 Å². The fourth-order valence-corrected chi connectivity index (χ4v) is 1.52. The van der Waals surface area contributed by atoms with Crippen LogP contribution in [0.15, 0.2) is 15.9 Å². The van der Waals surface area contributed by atoms with Crippen molar-refractivity contribution in [3.05, 3.63) is 32.3 Å². The number of azide groups is 1. The molecule has 1 N–H and O–H groups in total. The number of aromatic carboxylic acids is 1. The Hall–Kier alpha value is -1.85. The molecule has 1 heterocycles. The monoisotopic (exact) mass is 197 g/mol. The third kappa shape index (κ3) is 1.84. The Labute approximate surface area is 76.1 Å². The molecule has 1 aromatic rings. The van der Waals surface area contributed by atoms with Gasteiger partial charge < -0.3 is 5.11 Å². The van der Waals surface area contributed by atoms with Crippen LogP contribution in [0.25, 0.3) is 10.4 Å². The van der Waals surface area contributed by atoms with Crippen molar-refractivity contribution in [3.63, 3.8) is 0 Å². The molecule has 13 heavy (non-hydrogen) atoms. The zero-order valence-electron chi connectivity index (χ0n) is 6.17. The van der Waals surface area contributed by atoms with Gasteiger partial charge in [0.1, 0.15) is 0 Å². The lowest BCUT2D eigenvalue weighted by Gasteiger charge is -1.91. The van der Waals surface area contributed by atoms with Crippen LogP contribution in [0.3, 0.4) is 0 Å². The number of carbonyl (C=O) groups excluding carboxylic acids is 1. The first kappa shape index (κ1) is 9.24. The van der Waals surface area contributed by atoms with Gasteiger partial charge in [-0.2, -0.15) is 11.3 Å². The summed E-state index contributed by atoms with van der Waals surface area (Å²) in [7, 11) is 0. The third-order valence-corrected chi connectivity index (χ3v) is 2.00. The Balaban J connectivity index is 3.14. The highest BCUT2D eigenvalue weighted by molar-refractivity contribution is 7.08. The summed E-state index contributed by atoms with van der Waals surface area (Å²) >= 11 is 1.06. The molecule has 0 aromatic carbocycles. The molecule has 0 bridgehead atoms. The quantitative estimate of drug-likeness (QED) is 0.444. The molecule has 0 aliphatic heterocycles. The van der Waals surface area contributed by atoms with Crippen LogP contribution in [0.5, 0.6) is 0 Å². The number of carbonyl (C=O) groups is 2. The Morgan fingerprint density at radius 2 is 2.08 bits per heavy atom.